The van der Waals surface area contributed by atoms with E-state index in [4.69, 9.17) is 9.72 Å². The Balaban J connectivity index is 1.35. The minimum absolute atomic E-state index is 0.0426. The summed E-state index contributed by atoms with van der Waals surface area (Å²) in [5.41, 5.74) is 6.56. The van der Waals surface area contributed by atoms with E-state index in [-0.39, 0.29) is 17.0 Å². The number of fused-ring (bicyclic) bond motifs is 1. The molecule has 1 aliphatic heterocycles. The number of aryl methyl sites for hydroxylation is 2. The first-order valence-electron chi connectivity index (χ1n) is 13.8. The van der Waals surface area contributed by atoms with E-state index in [2.05, 4.69) is 41.5 Å². The van der Waals surface area contributed by atoms with E-state index in [9.17, 15) is 9.90 Å². The molecule has 0 saturated heterocycles. The maximum absolute atomic E-state index is 14.1. The Morgan fingerprint density at radius 3 is 2.41 bits per heavy atom. The molecule has 1 aliphatic rings. The quantitative estimate of drug-likeness (QED) is 0.256. The molecular formula is C33H31N4O4-. The predicted octanol–water partition coefficient (Wildman–Crippen LogP) is 5.72. The van der Waals surface area contributed by atoms with Crippen LogP contribution in [-0.4, -0.2) is 25.3 Å². The third-order valence-corrected chi connectivity index (χ3v) is 7.44. The maximum Gasteiger partial charge on any atom is 0.261 e. The van der Waals surface area contributed by atoms with Crippen LogP contribution in [-0.2, 0) is 19.4 Å². The molecule has 0 aliphatic carbocycles. The second-order valence-electron chi connectivity index (χ2n) is 11.1. The summed E-state index contributed by atoms with van der Waals surface area (Å²) in [6.07, 6.45) is 1.67. The number of hydrogen-bond donors (Lipinski definition) is 0. The van der Waals surface area contributed by atoms with Gasteiger partial charge in [0.05, 0.1) is 17.8 Å². The number of ether oxygens (including phenoxy) is 1. The second-order valence-corrected chi connectivity index (χ2v) is 11.1. The monoisotopic (exact) mass is 547 g/mol. The lowest BCUT2D eigenvalue weighted by Gasteiger charge is -2.17. The van der Waals surface area contributed by atoms with E-state index in [0.717, 1.165) is 57.9 Å². The van der Waals surface area contributed by atoms with Crippen molar-refractivity contribution in [2.45, 2.75) is 59.1 Å². The maximum atomic E-state index is 14.1. The summed E-state index contributed by atoms with van der Waals surface area (Å²) in [4.78, 5) is 22.8. The van der Waals surface area contributed by atoms with Crippen LogP contribution in [0.15, 0.2) is 76.0 Å². The Morgan fingerprint density at radius 2 is 1.71 bits per heavy atom. The Kier molecular flexibility index (Phi) is 6.69. The van der Waals surface area contributed by atoms with Crippen LogP contribution in [0.2, 0.25) is 0 Å². The van der Waals surface area contributed by atoms with Crippen molar-refractivity contribution in [3.63, 3.8) is 0 Å². The molecule has 5 aromatic rings. The van der Waals surface area contributed by atoms with E-state index >= 15 is 0 Å². The van der Waals surface area contributed by atoms with Crippen LogP contribution >= 0.6 is 0 Å². The van der Waals surface area contributed by atoms with Gasteiger partial charge in [-0.15, -0.1) is 0 Å². The zero-order chi connectivity index (χ0) is 28.7. The van der Waals surface area contributed by atoms with Crippen LogP contribution < -0.4 is 15.4 Å². The van der Waals surface area contributed by atoms with Gasteiger partial charge in [0, 0.05) is 18.4 Å². The first-order chi connectivity index (χ1) is 19.7. The highest BCUT2D eigenvalue weighted by atomic mass is 16.6. The minimum atomic E-state index is -0.721. The van der Waals surface area contributed by atoms with Gasteiger partial charge in [-0.25, -0.2) is 9.97 Å². The zero-order valence-electron chi connectivity index (χ0n) is 23.6. The van der Waals surface area contributed by atoms with Gasteiger partial charge in [0.15, 0.2) is 11.9 Å². The van der Waals surface area contributed by atoms with Gasteiger partial charge in [-0.2, -0.15) is 5.16 Å². The first-order valence-corrected chi connectivity index (χ1v) is 13.8. The fraction of sp³-hybridized carbons (Fsp3) is 0.273. The summed E-state index contributed by atoms with van der Waals surface area (Å²) in [5.74, 6) is 1.91. The molecule has 6 rings (SSSR count). The molecule has 3 aromatic carbocycles. The average molecular weight is 548 g/mol. The fourth-order valence-corrected chi connectivity index (χ4v) is 5.61. The minimum Gasteiger partial charge on any atom is -0.528 e. The fourth-order valence-electron chi connectivity index (χ4n) is 5.61. The van der Waals surface area contributed by atoms with Crippen molar-refractivity contribution in [1.82, 2.24) is 19.7 Å². The molecule has 0 amide bonds. The normalized spacial score (nSPS) is 13.7. The van der Waals surface area contributed by atoms with Crippen molar-refractivity contribution in [3.8, 4) is 45.5 Å². The lowest BCUT2D eigenvalue weighted by molar-refractivity contribution is -0.303. The largest absolute Gasteiger partial charge is 0.528 e. The van der Waals surface area contributed by atoms with Gasteiger partial charge in [0.1, 0.15) is 17.2 Å². The van der Waals surface area contributed by atoms with E-state index in [1.165, 1.54) is 0 Å². The molecule has 0 spiro atoms. The summed E-state index contributed by atoms with van der Waals surface area (Å²) in [6, 6.07) is 21.6. The molecular weight excluding hydrogens is 516 g/mol. The van der Waals surface area contributed by atoms with Gasteiger partial charge < -0.3 is 14.4 Å². The van der Waals surface area contributed by atoms with Gasteiger partial charge in [-0.3, -0.25) is 9.36 Å². The molecule has 2 aromatic heterocycles. The van der Waals surface area contributed by atoms with Crippen molar-refractivity contribution >= 4 is 0 Å². The molecule has 0 bridgehead atoms. The third kappa shape index (κ3) is 5.13. The number of hydrogen-bond acceptors (Lipinski definition) is 7. The third-order valence-electron chi connectivity index (χ3n) is 7.44. The van der Waals surface area contributed by atoms with Crippen LogP contribution in [0.3, 0.4) is 0 Å². The van der Waals surface area contributed by atoms with Crippen molar-refractivity contribution in [2.75, 3.05) is 0 Å². The Bertz CT molecular complexity index is 1800. The summed E-state index contributed by atoms with van der Waals surface area (Å²) < 4.78 is 12.5. The highest BCUT2D eigenvalue weighted by Crippen LogP contribution is 2.37. The standard InChI is InChI=1S/C33H32N4O4/c1-5-8-28-34-20(2)29(23-15-16-27-24(17-23)18-33(3,4)40-27)31(38)37(28)19-21-11-13-22(14-12-21)25-9-6-7-10-26(25)30-35-32(39)41-36-30/h6-7,9-17H,5,8,18-19H2,1-4H3,(H,35,36,39)/p-1. The second kappa shape index (κ2) is 10.4. The lowest BCUT2D eigenvalue weighted by atomic mass is 9.97. The molecule has 0 unspecified atom stereocenters. The molecule has 3 heterocycles. The Labute approximate surface area is 238 Å². The summed E-state index contributed by atoms with van der Waals surface area (Å²) in [7, 11) is 0. The smallest absolute Gasteiger partial charge is 0.261 e. The van der Waals surface area contributed by atoms with E-state index in [0.29, 0.717) is 24.1 Å². The van der Waals surface area contributed by atoms with E-state index in [1.54, 1.807) is 4.57 Å². The van der Waals surface area contributed by atoms with Crippen molar-refractivity contribution < 1.29 is 14.4 Å². The van der Waals surface area contributed by atoms with E-state index < -0.39 is 6.08 Å². The number of benzene rings is 3. The van der Waals surface area contributed by atoms with Crippen LogP contribution in [0.1, 0.15) is 49.8 Å². The molecule has 0 radical (unpaired) electrons. The Hall–Kier alpha value is -4.72. The number of nitrogens with zero attached hydrogens (tertiary/aromatic N) is 4. The van der Waals surface area contributed by atoms with Gasteiger partial charge in [-0.05, 0) is 67.1 Å². The lowest BCUT2D eigenvalue weighted by Crippen LogP contribution is -2.28. The van der Waals surface area contributed by atoms with Crippen LogP contribution in [0.4, 0.5) is 0 Å². The molecule has 41 heavy (non-hydrogen) atoms. The molecule has 0 fully saturated rings. The summed E-state index contributed by atoms with van der Waals surface area (Å²) in [6.45, 7) is 8.56. The van der Waals surface area contributed by atoms with Crippen molar-refractivity contribution in [3.05, 3.63) is 99.7 Å². The molecule has 208 valence electrons. The summed E-state index contributed by atoms with van der Waals surface area (Å²) in [5, 5.41) is 15.3. The van der Waals surface area contributed by atoms with Crippen molar-refractivity contribution in [1.29, 1.82) is 0 Å². The SMILES string of the molecule is CCCc1nc(C)c(-c2ccc3c(c2)CC(C)(C)O3)c(=O)n1Cc1ccc(-c2ccccc2-c2noc([O-])n2)cc1. The van der Waals surface area contributed by atoms with Crippen LogP contribution in [0.25, 0.3) is 33.6 Å². The van der Waals surface area contributed by atoms with Crippen LogP contribution in [0.5, 0.6) is 11.8 Å². The summed E-state index contributed by atoms with van der Waals surface area (Å²) >= 11 is 0. The van der Waals surface area contributed by atoms with Gasteiger partial charge >= 0.3 is 0 Å². The molecule has 0 saturated carbocycles. The van der Waals surface area contributed by atoms with Gasteiger partial charge in [0.25, 0.3) is 5.56 Å². The molecule has 8 heteroatoms. The first kappa shape index (κ1) is 26.5. The predicted molar refractivity (Wildman–Crippen MR) is 155 cm³/mol. The number of rotatable bonds is 7. The Morgan fingerprint density at radius 1 is 0.976 bits per heavy atom. The highest BCUT2D eigenvalue weighted by Gasteiger charge is 2.30. The average Bonchev–Trinajstić information content (AvgIpc) is 3.52. The van der Waals surface area contributed by atoms with Crippen molar-refractivity contribution in [2.24, 2.45) is 0 Å². The molecule has 8 nitrogen and oxygen atoms in total. The van der Waals surface area contributed by atoms with Gasteiger partial charge in [0.2, 0.25) is 0 Å². The van der Waals surface area contributed by atoms with Gasteiger partial charge in [-0.1, -0.05) is 61.5 Å². The molecule has 0 N–H and O–H groups in total. The van der Waals surface area contributed by atoms with Crippen LogP contribution in [0, 0.1) is 6.92 Å². The van der Waals surface area contributed by atoms with E-state index in [1.807, 2.05) is 67.6 Å². The topological polar surface area (TPSA) is 106 Å². The highest BCUT2D eigenvalue weighted by molar-refractivity contribution is 5.80. The number of aromatic nitrogens is 4. The zero-order valence-corrected chi connectivity index (χ0v) is 23.6. The molecule has 0 atom stereocenters.